The molecule has 3 aliphatic rings. The zero-order valence-electron chi connectivity index (χ0n) is 18.7. The summed E-state index contributed by atoms with van der Waals surface area (Å²) in [4.78, 5) is 12.3. The second-order valence-corrected chi connectivity index (χ2v) is 9.69. The van der Waals surface area contributed by atoms with Crippen molar-refractivity contribution in [1.82, 2.24) is 15.0 Å². The maximum atomic E-state index is 9.91. The summed E-state index contributed by atoms with van der Waals surface area (Å²) in [6.07, 6.45) is 4.66. The fraction of sp³-hybridized carbons (Fsp3) is 0.462. The highest BCUT2D eigenvalue weighted by Crippen LogP contribution is 2.32. The average molecular weight is 480 g/mol. The van der Waals surface area contributed by atoms with Gasteiger partial charge in [-0.05, 0) is 37.0 Å². The fourth-order valence-electron chi connectivity index (χ4n) is 5.07. The number of ether oxygens (including phenoxy) is 3. The summed E-state index contributed by atoms with van der Waals surface area (Å²) in [6.45, 7) is 0.583. The van der Waals surface area contributed by atoms with E-state index in [1.54, 1.807) is 6.07 Å². The third-order valence-electron chi connectivity index (χ3n) is 6.91. The number of halogens is 1. The molecule has 0 spiro atoms. The van der Waals surface area contributed by atoms with Gasteiger partial charge in [-0.1, -0.05) is 48.4 Å². The number of fused-ring (bicyclic) bond motifs is 2. The predicted octanol–water partition coefficient (Wildman–Crippen LogP) is 4.12. The van der Waals surface area contributed by atoms with Crippen LogP contribution in [0.2, 0.25) is 5.02 Å². The zero-order valence-corrected chi connectivity index (χ0v) is 19.4. The van der Waals surface area contributed by atoms with Crippen molar-refractivity contribution in [3.63, 3.8) is 0 Å². The Labute approximate surface area is 202 Å². The normalized spacial score (nSPS) is 26.5. The standard InChI is InChI=1S/C26H26ClN3O4/c27-18-12-19-25(30-26(28-19)34-21-14-33-23-20(31)13-32-24(21)23)29-22(18)17-10-8-16(9-11-17)7-3-6-15-4-1-2-5-15/h8-12,15,20-21,23-24,31H,1-2,4-6,13-14H2,(H,28,29,30). The minimum Gasteiger partial charge on any atom is -0.456 e. The number of rotatable bonds is 4. The van der Waals surface area contributed by atoms with Gasteiger partial charge in [0.1, 0.15) is 18.3 Å². The summed E-state index contributed by atoms with van der Waals surface area (Å²) in [5.74, 6) is 7.38. The predicted molar refractivity (Wildman–Crippen MR) is 128 cm³/mol. The van der Waals surface area contributed by atoms with E-state index in [1.807, 2.05) is 24.3 Å². The van der Waals surface area contributed by atoms with Crippen molar-refractivity contribution >= 4 is 22.8 Å². The molecular weight excluding hydrogens is 454 g/mol. The maximum absolute atomic E-state index is 9.91. The molecule has 1 aliphatic carbocycles. The number of nitrogens with one attached hydrogen (secondary N) is 1. The van der Waals surface area contributed by atoms with Gasteiger partial charge in [-0.15, -0.1) is 0 Å². The van der Waals surface area contributed by atoms with E-state index in [1.165, 1.54) is 25.7 Å². The molecular formula is C26H26ClN3O4. The molecule has 4 heterocycles. The van der Waals surface area contributed by atoms with E-state index in [-0.39, 0.29) is 24.9 Å². The number of H-pyrrole nitrogens is 1. The molecule has 1 saturated carbocycles. The van der Waals surface area contributed by atoms with Crippen LogP contribution in [0, 0.1) is 17.8 Å². The van der Waals surface area contributed by atoms with Crippen molar-refractivity contribution in [1.29, 1.82) is 0 Å². The molecule has 0 amide bonds. The first-order valence-corrected chi connectivity index (χ1v) is 12.3. The number of imidazole rings is 1. The van der Waals surface area contributed by atoms with Gasteiger partial charge < -0.3 is 24.3 Å². The van der Waals surface area contributed by atoms with Crippen molar-refractivity contribution in [2.24, 2.45) is 5.92 Å². The lowest BCUT2D eigenvalue weighted by Crippen LogP contribution is -2.34. The molecule has 6 rings (SSSR count). The fourth-order valence-corrected chi connectivity index (χ4v) is 5.33. The third kappa shape index (κ3) is 4.27. The van der Waals surface area contributed by atoms with Gasteiger partial charge in [0.25, 0.3) is 6.01 Å². The Balaban J connectivity index is 1.18. The minimum absolute atomic E-state index is 0.251. The minimum atomic E-state index is -0.623. The monoisotopic (exact) mass is 479 g/mol. The van der Waals surface area contributed by atoms with Crippen LogP contribution in [0.5, 0.6) is 6.01 Å². The van der Waals surface area contributed by atoms with E-state index < -0.39 is 6.10 Å². The highest BCUT2D eigenvalue weighted by Gasteiger charge is 2.48. The van der Waals surface area contributed by atoms with Crippen molar-refractivity contribution in [3.05, 3.63) is 40.9 Å². The summed E-state index contributed by atoms with van der Waals surface area (Å²) in [5.41, 5.74) is 3.74. The van der Waals surface area contributed by atoms with Gasteiger partial charge in [-0.2, -0.15) is 4.98 Å². The van der Waals surface area contributed by atoms with Gasteiger partial charge in [-0.25, -0.2) is 4.98 Å². The van der Waals surface area contributed by atoms with Crippen LogP contribution in [0.3, 0.4) is 0 Å². The van der Waals surface area contributed by atoms with Crippen LogP contribution in [0.15, 0.2) is 30.3 Å². The second-order valence-electron chi connectivity index (χ2n) is 9.29. The Morgan fingerprint density at radius 3 is 2.71 bits per heavy atom. The molecule has 3 aromatic rings. The number of aromatic amines is 1. The number of benzene rings is 1. The van der Waals surface area contributed by atoms with Crippen LogP contribution in [0.25, 0.3) is 22.4 Å². The van der Waals surface area contributed by atoms with Gasteiger partial charge in [0.15, 0.2) is 11.8 Å². The van der Waals surface area contributed by atoms with Crippen LogP contribution in [0.4, 0.5) is 0 Å². The topological polar surface area (TPSA) is 89.5 Å². The number of hydrogen-bond donors (Lipinski definition) is 2. The van der Waals surface area contributed by atoms with Crippen molar-refractivity contribution in [3.8, 4) is 29.1 Å². The summed E-state index contributed by atoms with van der Waals surface area (Å²) in [7, 11) is 0. The Bertz CT molecular complexity index is 1240. The van der Waals surface area contributed by atoms with Crippen LogP contribution in [-0.2, 0) is 9.47 Å². The molecule has 8 heteroatoms. The van der Waals surface area contributed by atoms with Crippen molar-refractivity contribution in [2.45, 2.75) is 56.5 Å². The zero-order chi connectivity index (χ0) is 23.1. The highest BCUT2D eigenvalue weighted by molar-refractivity contribution is 6.33. The number of aliphatic hydroxyl groups excluding tert-OH is 1. The molecule has 7 nitrogen and oxygen atoms in total. The molecule has 1 aromatic carbocycles. The van der Waals surface area contributed by atoms with Gasteiger partial charge in [-0.3, -0.25) is 0 Å². The van der Waals surface area contributed by atoms with E-state index in [2.05, 4.69) is 26.8 Å². The van der Waals surface area contributed by atoms with E-state index in [4.69, 9.17) is 25.8 Å². The van der Waals surface area contributed by atoms with E-state index in [0.717, 1.165) is 23.5 Å². The van der Waals surface area contributed by atoms with E-state index in [0.29, 0.717) is 34.5 Å². The van der Waals surface area contributed by atoms with Crippen LogP contribution >= 0.6 is 11.6 Å². The SMILES string of the molecule is OC1COC2C(Oc3nc4nc(-c5ccc(C#CCC6CCCC6)cc5)c(Cl)cc4[nH]3)COC12. The van der Waals surface area contributed by atoms with Crippen LogP contribution in [-0.4, -0.2) is 57.7 Å². The van der Waals surface area contributed by atoms with Gasteiger partial charge in [0, 0.05) is 17.5 Å². The quantitative estimate of drug-likeness (QED) is 0.547. The summed E-state index contributed by atoms with van der Waals surface area (Å²) in [6, 6.07) is 10.1. The Hall–Kier alpha value is -2.63. The molecule has 34 heavy (non-hydrogen) atoms. The van der Waals surface area contributed by atoms with Gasteiger partial charge >= 0.3 is 0 Å². The molecule has 2 aromatic heterocycles. The number of hydrogen-bond acceptors (Lipinski definition) is 6. The molecule has 2 aliphatic heterocycles. The summed E-state index contributed by atoms with van der Waals surface area (Å²) < 4.78 is 17.2. The van der Waals surface area contributed by atoms with E-state index in [9.17, 15) is 5.11 Å². The lowest BCUT2D eigenvalue weighted by atomic mass is 10.0. The molecule has 4 unspecified atom stereocenters. The number of nitrogens with zero attached hydrogens (tertiary/aromatic N) is 2. The molecule has 4 atom stereocenters. The smallest absolute Gasteiger partial charge is 0.296 e. The van der Waals surface area contributed by atoms with Crippen molar-refractivity contribution < 1.29 is 19.3 Å². The first-order valence-electron chi connectivity index (χ1n) is 11.9. The van der Waals surface area contributed by atoms with E-state index >= 15 is 0 Å². The summed E-state index contributed by atoms with van der Waals surface area (Å²) >= 11 is 6.56. The molecule has 0 bridgehead atoms. The Morgan fingerprint density at radius 1 is 1.09 bits per heavy atom. The number of pyridine rings is 1. The molecule has 2 saturated heterocycles. The Morgan fingerprint density at radius 2 is 1.88 bits per heavy atom. The van der Waals surface area contributed by atoms with Gasteiger partial charge in [0.2, 0.25) is 0 Å². The number of aliphatic hydroxyl groups is 1. The van der Waals surface area contributed by atoms with Crippen molar-refractivity contribution in [2.75, 3.05) is 13.2 Å². The summed E-state index contributed by atoms with van der Waals surface area (Å²) in [5, 5.41) is 10.4. The lowest BCUT2D eigenvalue weighted by Gasteiger charge is -2.15. The molecule has 0 radical (unpaired) electrons. The van der Waals surface area contributed by atoms with Crippen LogP contribution in [0.1, 0.15) is 37.7 Å². The molecule has 3 fully saturated rings. The Kier molecular flexibility index (Phi) is 5.92. The average Bonchev–Trinajstić information content (AvgIpc) is 3.62. The third-order valence-corrected chi connectivity index (χ3v) is 7.19. The maximum Gasteiger partial charge on any atom is 0.296 e. The lowest BCUT2D eigenvalue weighted by molar-refractivity contribution is 0.00706. The second kappa shape index (κ2) is 9.20. The van der Waals surface area contributed by atoms with Gasteiger partial charge in [0.05, 0.1) is 29.4 Å². The largest absolute Gasteiger partial charge is 0.456 e. The number of aromatic nitrogens is 3. The first-order chi connectivity index (χ1) is 16.6. The molecule has 176 valence electrons. The van der Waals surface area contributed by atoms with Crippen LogP contribution < -0.4 is 4.74 Å². The first kappa shape index (κ1) is 21.9. The molecule has 2 N–H and O–H groups in total. The highest BCUT2D eigenvalue weighted by atomic mass is 35.5.